The molecule has 5 heterocycles. The summed E-state index contributed by atoms with van der Waals surface area (Å²) in [6.07, 6.45) is 1.83. The third kappa shape index (κ3) is 5.23. The van der Waals surface area contributed by atoms with Gasteiger partial charge in [-0.2, -0.15) is 0 Å². The Morgan fingerprint density at radius 2 is 2.11 bits per heavy atom. The molecule has 1 saturated heterocycles. The Hall–Kier alpha value is -3.41. The minimum atomic E-state index is -0.358. The number of amides is 1. The molecule has 11 heteroatoms. The van der Waals surface area contributed by atoms with Crippen LogP contribution < -0.4 is 20.1 Å². The summed E-state index contributed by atoms with van der Waals surface area (Å²) in [6.45, 7) is 3.58. The lowest BCUT2D eigenvalue weighted by Crippen LogP contribution is -2.32. The number of hydrogen-bond donors (Lipinski definition) is 2. The molecule has 190 valence electrons. The van der Waals surface area contributed by atoms with Crippen molar-refractivity contribution in [1.82, 2.24) is 25.2 Å². The number of likely N-dealkylation sites (tertiary alicyclic amines) is 1. The average molecular weight is 497 g/mol. The van der Waals surface area contributed by atoms with Crippen molar-refractivity contribution in [2.45, 2.75) is 19.1 Å². The number of carbonyl (C=O) groups is 1. The topological polar surface area (TPSA) is 111 Å². The number of aromatic nitrogens is 3. The zero-order valence-corrected chi connectivity index (χ0v) is 20.3. The van der Waals surface area contributed by atoms with Crippen LogP contribution in [-0.2, 0) is 22.5 Å². The van der Waals surface area contributed by atoms with E-state index in [1.165, 1.54) is 13.3 Å². The standard InChI is InChI=1S/C25H29FN6O4/c1-34-21-13-32(8-7-17-18(26)11-28-19-4-6-23(35-2)31-24(17)19)12-15(21)9-27-10-16-3-5-20-25(29-16)30-22(33)14-36-20/h3-6,11,15,21,27H,7-10,12-14H2,1-2H3,(H,29,30,33)/t15-,21+/m0/s1. The Morgan fingerprint density at radius 3 is 2.94 bits per heavy atom. The van der Waals surface area contributed by atoms with Gasteiger partial charge in [-0.05, 0) is 24.6 Å². The summed E-state index contributed by atoms with van der Waals surface area (Å²) < 4.78 is 31.0. The minimum Gasteiger partial charge on any atom is -0.481 e. The molecule has 2 aliphatic heterocycles. The lowest BCUT2D eigenvalue weighted by atomic mass is 10.1. The molecule has 1 fully saturated rings. The number of halogens is 1. The second-order valence-electron chi connectivity index (χ2n) is 8.97. The molecule has 2 aliphatic rings. The molecular formula is C25H29FN6O4. The van der Waals surface area contributed by atoms with Gasteiger partial charge in [0.1, 0.15) is 5.82 Å². The van der Waals surface area contributed by atoms with Crippen molar-refractivity contribution in [3.8, 4) is 11.6 Å². The maximum Gasteiger partial charge on any atom is 0.263 e. The van der Waals surface area contributed by atoms with Gasteiger partial charge in [-0.15, -0.1) is 0 Å². The normalized spacial score (nSPS) is 19.7. The first-order valence-electron chi connectivity index (χ1n) is 11.9. The Morgan fingerprint density at radius 1 is 1.22 bits per heavy atom. The highest BCUT2D eigenvalue weighted by Gasteiger charge is 2.32. The highest BCUT2D eigenvalue weighted by molar-refractivity contribution is 5.94. The van der Waals surface area contributed by atoms with Crippen molar-refractivity contribution in [2.75, 3.05) is 52.3 Å². The van der Waals surface area contributed by atoms with Crippen molar-refractivity contribution < 1.29 is 23.4 Å². The summed E-state index contributed by atoms with van der Waals surface area (Å²) in [5.74, 6) is 1.18. The van der Waals surface area contributed by atoms with Crippen molar-refractivity contribution in [3.63, 3.8) is 0 Å². The second-order valence-corrected chi connectivity index (χ2v) is 8.97. The van der Waals surface area contributed by atoms with Gasteiger partial charge in [-0.1, -0.05) is 0 Å². The molecule has 2 N–H and O–H groups in total. The van der Waals surface area contributed by atoms with Gasteiger partial charge in [0, 0.05) is 57.4 Å². The summed E-state index contributed by atoms with van der Waals surface area (Å²) in [7, 11) is 3.26. The van der Waals surface area contributed by atoms with E-state index >= 15 is 0 Å². The Kier molecular flexibility index (Phi) is 7.21. The van der Waals surface area contributed by atoms with Gasteiger partial charge in [0.15, 0.2) is 18.2 Å². The van der Waals surface area contributed by atoms with E-state index in [-0.39, 0.29) is 30.4 Å². The minimum absolute atomic E-state index is 0.0115. The molecule has 1 amide bonds. The molecular weight excluding hydrogens is 467 g/mol. The van der Waals surface area contributed by atoms with E-state index in [0.29, 0.717) is 53.6 Å². The number of ether oxygens (including phenoxy) is 3. The summed E-state index contributed by atoms with van der Waals surface area (Å²) >= 11 is 0. The van der Waals surface area contributed by atoms with Crippen LogP contribution in [0.1, 0.15) is 11.3 Å². The SMILES string of the molecule is COc1ccc2ncc(F)c(CCN3C[C@H](CNCc4ccc5c(n4)NC(=O)CO5)[C@H](OC)C3)c2n1. The van der Waals surface area contributed by atoms with Gasteiger partial charge in [-0.3, -0.25) is 14.7 Å². The Balaban J connectivity index is 1.17. The molecule has 10 nitrogen and oxygen atoms in total. The first-order valence-corrected chi connectivity index (χ1v) is 11.9. The predicted molar refractivity (Wildman–Crippen MR) is 131 cm³/mol. The average Bonchev–Trinajstić information content (AvgIpc) is 3.29. The maximum atomic E-state index is 14.7. The van der Waals surface area contributed by atoms with Crippen LogP contribution in [0.15, 0.2) is 30.5 Å². The molecule has 0 bridgehead atoms. The molecule has 3 aromatic heterocycles. The van der Waals surface area contributed by atoms with Gasteiger partial charge in [0.2, 0.25) is 5.88 Å². The molecule has 0 unspecified atom stereocenters. The summed E-state index contributed by atoms with van der Waals surface area (Å²) in [5, 5.41) is 6.18. The quantitative estimate of drug-likeness (QED) is 0.458. The Bertz CT molecular complexity index is 1260. The molecule has 5 rings (SSSR count). The number of carbonyl (C=O) groups excluding carboxylic acids is 1. The van der Waals surface area contributed by atoms with Gasteiger partial charge in [-0.25, -0.2) is 14.4 Å². The lowest BCUT2D eigenvalue weighted by molar-refractivity contribution is -0.118. The number of nitrogens with zero attached hydrogens (tertiary/aromatic N) is 4. The van der Waals surface area contributed by atoms with Gasteiger partial charge in [0.05, 0.1) is 36.1 Å². The van der Waals surface area contributed by atoms with Crippen molar-refractivity contribution >= 4 is 22.8 Å². The summed E-state index contributed by atoms with van der Waals surface area (Å²) in [6, 6.07) is 7.22. The number of fused-ring (bicyclic) bond motifs is 2. The summed E-state index contributed by atoms with van der Waals surface area (Å²) in [4.78, 5) is 26.9. The molecule has 2 atom stereocenters. The van der Waals surface area contributed by atoms with Crippen LogP contribution >= 0.6 is 0 Å². The van der Waals surface area contributed by atoms with Crippen LogP contribution in [0.25, 0.3) is 11.0 Å². The van der Waals surface area contributed by atoms with Crippen LogP contribution in [0.2, 0.25) is 0 Å². The van der Waals surface area contributed by atoms with Gasteiger partial charge in [0.25, 0.3) is 5.91 Å². The third-order valence-electron chi connectivity index (χ3n) is 6.63. The largest absolute Gasteiger partial charge is 0.481 e. The second kappa shape index (κ2) is 10.7. The highest BCUT2D eigenvalue weighted by Crippen LogP contribution is 2.26. The Labute approximate surface area is 208 Å². The molecule has 0 saturated carbocycles. The van der Waals surface area contributed by atoms with Crippen LogP contribution in [0.4, 0.5) is 10.2 Å². The zero-order chi connectivity index (χ0) is 25.1. The molecule has 0 spiro atoms. The van der Waals surface area contributed by atoms with Crippen molar-refractivity contribution in [2.24, 2.45) is 5.92 Å². The fraction of sp³-hybridized carbons (Fsp3) is 0.440. The fourth-order valence-electron chi connectivity index (χ4n) is 4.76. The van der Waals surface area contributed by atoms with Crippen LogP contribution in [-0.4, -0.2) is 78.9 Å². The maximum absolute atomic E-state index is 14.7. The number of anilines is 1. The van der Waals surface area contributed by atoms with E-state index in [2.05, 4.69) is 30.5 Å². The molecule has 3 aromatic rings. The molecule has 0 radical (unpaired) electrons. The van der Waals surface area contributed by atoms with E-state index < -0.39 is 0 Å². The highest BCUT2D eigenvalue weighted by atomic mass is 19.1. The number of nitrogens with one attached hydrogen (secondary N) is 2. The van der Waals surface area contributed by atoms with Crippen molar-refractivity contribution in [3.05, 3.63) is 47.5 Å². The third-order valence-corrected chi connectivity index (χ3v) is 6.63. The van der Waals surface area contributed by atoms with Crippen LogP contribution in [0.5, 0.6) is 11.6 Å². The van der Waals surface area contributed by atoms with Gasteiger partial charge >= 0.3 is 0 Å². The molecule has 0 aliphatic carbocycles. The molecule has 36 heavy (non-hydrogen) atoms. The van der Waals surface area contributed by atoms with Gasteiger partial charge < -0.3 is 24.8 Å². The van der Waals surface area contributed by atoms with Crippen LogP contribution in [0.3, 0.4) is 0 Å². The number of methoxy groups -OCH3 is 2. The van der Waals surface area contributed by atoms with E-state index in [4.69, 9.17) is 14.2 Å². The lowest BCUT2D eigenvalue weighted by Gasteiger charge is -2.19. The van der Waals surface area contributed by atoms with Crippen LogP contribution in [0, 0.1) is 11.7 Å². The smallest absolute Gasteiger partial charge is 0.263 e. The van der Waals surface area contributed by atoms with E-state index in [1.54, 1.807) is 19.2 Å². The van der Waals surface area contributed by atoms with Crippen molar-refractivity contribution in [1.29, 1.82) is 0 Å². The summed E-state index contributed by atoms with van der Waals surface area (Å²) in [5.41, 5.74) is 2.54. The van der Waals surface area contributed by atoms with E-state index in [0.717, 1.165) is 25.3 Å². The van der Waals surface area contributed by atoms with E-state index in [1.807, 2.05) is 12.1 Å². The fourth-order valence-corrected chi connectivity index (χ4v) is 4.76. The monoisotopic (exact) mass is 496 g/mol. The zero-order valence-electron chi connectivity index (χ0n) is 20.3. The van der Waals surface area contributed by atoms with E-state index in [9.17, 15) is 9.18 Å². The predicted octanol–water partition coefficient (Wildman–Crippen LogP) is 1.78. The number of pyridine rings is 3. The molecule has 0 aromatic carbocycles. The first kappa shape index (κ1) is 24.3. The number of hydrogen-bond acceptors (Lipinski definition) is 9. The first-order chi connectivity index (χ1) is 17.5. The number of rotatable bonds is 9.